The highest BCUT2D eigenvalue weighted by atomic mass is 15.0. The van der Waals surface area contributed by atoms with Crippen molar-refractivity contribution in [3.63, 3.8) is 0 Å². The van der Waals surface area contributed by atoms with Gasteiger partial charge in [-0.1, -0.05) is 6.07 Å². The molecular weight excluding hydrogens is 234 g/mol. The monoisotopic (exact) mass is 255 g/mol. The Kier molecular flexibility index (Phi) is 3.15. The Labute approximate surface area is 114 Å². The number of aryl methyl sites for hydroxylation is 1. The molecule has 2 unspecified atom stereocenters. The quantitative estimate of drug-likeness (QED) is 0.896. The highest BCUT2D eigenvalue weighted by Gasteiger charge is 2.24. The molecule has 0 spiro atoms. The summed E-state index contributed by atoms with van der Waals surface area (Å²) in [4.78, 5) is 4.49. The van der Waals surface area contributed by atoms with Gasteiger partial charge >= 0.3 is 0 Å². The molecule has 2 N–H and O–H groups in total. The number of fused-ring (bicyclic) bond motifs is 1. The molecule has 0 bridgehead atoms. The Balaban J connectivity index is 2.06. The average molecular weight is 255 g/mol. The summed E-state index contributed by atoms with van der Waals surface area (Å²) in [6.45, 7) is 4.39. The summed E-state index contributed by atoms with van der Waals surface area (Å²) in [5, 5.41) is 0. The number of hydrogen-bond donors (Lipinski definition) is 1. The van der Waals surface area contributed by atoms with Crippen molar-refractivity contribution in [2.75, 3.05) is 0 Å². The summed E-state index contributed by atoms with van der Waals surface area (Å²) in [7, 11) is 0. The van der Waals surface area contributed by atoms with E-state index in [2.05, 4.69) is 41.6 Å². The van der Waals surface area contributed by atoms with Gasteiger partial charge in [-0.05, 0) is 56.9 Å². The van der Waals surface area contributed by atoms with Crippen molar-refractivity contribution in [3.05, 3.63) is 53.1 Å². The number of aromatic nitrogens is 2. The first-order valence-corrected chi connectivity index (χ1v) is 7.05. The number of nitrogens with two attached hydrogens (primary N) is 1. The van der Waals surface area contributed by atoms with Crippen molar-refractivity contribution in [3.8, 4) is 0 Å². The Morgan fingerprint density at radius 2 is 2.26 bits per heavy atom. The van der Waals surface area contributed by atoms with Gasteiger partial charge in [0.05, 0.1) is 11.7 Å². The molecule has 0 saturated heterocycles. The van der Waals surface area contributed by atoms with Crippen molar-refractivity contribution < 1.29 is 0 Å². The minimum atomic E-state index is 0.208. The van der Waals surface area contributed by atoms with Crippen LogP contribution in [0.1, 0.15) is 54.5 Å². The minimum Gasteiger partial charge on any atom is -0.340 e. The molecule has 0 radical (unpaired) electrons. The molecule has 1 aliphatic rings. The topological polar surface area (TPSA) is 43.8 Å². The maximum absolute atomic E-state index is 6.24. The van der Waals surface area contributed by atoms with Crippen LogP contribution in [0.3, 0.4) is 0 Å². The smallest absolute Gasteiger partial charge is 0.0728 e. The molecule has 0 aromatic carbocycles. The summed E-state index contributed by atoms with van der Waals surface area (Å²) in [5.41, 5.74) is 11.4. The fraction of sp³-hybridized carbons (Fsp3) is 0.438. The molecule has 19 heavy (non-hydrogen) atoms. The molecule has 1 aliphatic carbocycles. The molecule has 2 heterocycles. The van der Waals surface area contributed by atoms with Crippen LogP contribution < -0.4 is 5.73 Å². The van der Waals surface area contributed by atoms with E-state index in [0.717, 1.165) is 18.5 Å². The number of rotatable bonds is 2. The number of pyridine rings is 1. The first kappa shape index (κ1) is 12.4. The third-order valence-corrected chi connectivity index (χ3v) is 4.20. The standard InChI is InChI=1S/C16H21N3/c1-11-10-13-14(17)6-5-8-16(13)19(11)12(2)15-7-3-4-9-18-15/h3-4,7,9-10,12,14H,5-6,8,17H2,1-2H3. The second kappa shape index (κ2) is 4.82. The Hall–Kier alpha value is -1.61. The minimum absolute atomic E-state index is 0.208. The summed E-state index contributed by atoms with van der Waals surface area (Å²) in [5.74, 6) is 0. The van der Waals surface area contributed by atoms with Gasteiger partial charge in [0.1, 0.15) is 0 Å². The van der Waals surface area contributed by atoms with Crippen molar-refractivity contribution in [1.29, 1.82) is 0 Å². The van der Waals surface area contributed by atoms with Gasteiger partial charge in [-0.3, -0.25) is 4.98 Å². The van der Waals surface area contributed by atoms with Gasteiger partial charge in [-0.2, -0.15) is 0 Å². The second-order valence-corrected chi connectivity index (χ2v) is 5.49. The molecule has 0 amide bonds. The molecule has 2 atom stereocenters. The molecule has 3 nitrogen and oxygen atoms in total. The summed E-state index contributed by atoms with van der Waals surface area (Å²) in [6.07, 6.45) is 5.29. The Morgan fingerprint density at radius 3 is 3.00 bits per heavy atom. The van der Waals surface area contributed by atoms with E-state index >= 15 is 0 Å². The molecule has 0 fully saturated rings. The summed E-state index contributed by atoms with van der Waals surface area (Å²) in [6, 6.07) is 8.85. The third-order valence-electron chi connectivity index (χ3n) is 4.20. The summed E-state index contributed by atoms with van der Waals surface area (Å²) < 4.78 is 2.41. The zero-order chi connectivity index (χ0) is 13.4. The van der Waals surface area contributed by atoms with Gasteiger partial charge in [0.15, 0.2) is 0 Å². The van der Waals surface area contributed by atoms with Gasteiger partial charge in [0.2, 0.25) is 0 Å². The van der Waals surface area contributed by atoms with Gasteiger partial charge < -0.3 is 10.3 Å². The zero-order valence-electron chi connectivity index (χ0n) is 11.6. The lowest BCUT2D eigenvalue weighted by Crippen LogP contribution is -2.20. The van der Waals surface area contributed by atoms with Crippen LogP contribution in [0.15, 0.2) is 30.5 Å². The maximum atomic E-state index is 6.24. The van der Waals surface area contributed by atoms with Gasteiger partial charge in [-0.15, -0.1) is 0 Å². The van der Waals surface area contributed by atoms with Gasteiger partial charge in [-0.25, -0.2) is 0 Å². The predicted octanol–water partition coefficient (Wildman–Crippen LogP) is 3.14. The van der Waals surface area contributed by atoms with Gasteiger partial charge in [0.25, 0.3) is 0 Å². The fourth-order valence-electron chi connectivity index (χ4n) is 3.26. The van der Waals surface area contributed by atoms with Gasteiger partial charge in [0, 0.05) is 23.6 Å². The van der Waals surface area contributed by atoms with Crippen LogP contribution in [-0.4, -0.2) is 9.55 Å². The highest BCUT2D eigenvalue weighted by molar-refractivity contribution is 5.34. The van der Waals surface area contributed by atoms with Crippen LogP contribution in [0, 0.1) is 6.92 Å². The van der Waals surface area contributed by atoms with E-state index < -0.39 is 0 Å². The second-order valence-electron chi connectivity index (χ2n) is 5.49. The molecule has 3 rings (SSSR count). The molecule has 2 aromatic rings. The molecule has 0 aliphatic heterocycles. The van der Waals surface area contributed by atoms with E-state index in [1.807, 2.05) is 12.3 Å². The lowest BCUT2D eigenvalue weighted by Gasteiger charge is -2.24. The van der Waals surface area contributed by atoms with E-state index in [9.17, 15) is 0 Å². The Bertz CT molecular complexity index is 571. The number of hydrogen-bond acceptors (Lipinski definition) is 2. The molecule has 0 saturated carbocycles. The van der Waals surface area contributed by atoms with Crippen LogP contribution in [0.2, 0.25) is 0 Å². The maximum Gasteiger partial charge on any atom is 0.0728 e. The highest BCUT2D eigenvalue weighted by Crippen LogP contribution is 2.33. The SMILES string of the molecule is Cc1cc2c(n1C(C)c1ccccn1)CCCC2N. The number of nitrogens with zero attached hydrogens (tertiary/aromatic N) is 2. The van der Waals surface area contributed by atoms with E-state index in [-0.39, 0.29) is 12.1 Å². The lowest BCUT2D eigenvalue weighted by molar-refractivity contribution is 0.517. The zero-order valence-corrected chi connectivity index (χ0v) is 11.6. The third kappa shape index (κ3) is 2.08. The van der Waals surface area contributed by atoms with Crippen LogP contribution >= 0.6 is 0 Å². The van der Waals surface area contributed by atoms with Crippen LogP contribution in [0.25, 0.3) is 0 Å². The molecule has 100 valence electrons. The summed E-state index contributed by atoms with van der Waals surface area (Å²) >= 11 is 0. The Morgan fingerprint density at radius 1 is 1.42 bits per heavy atom. The van der Waals surface area contributed by atoms with E-state index in [1.54, 1.807) is 0 Å². The van der Waals surface area contributed by atoms with Crippen molar-refractivity contribution in [2.24, 2.45) is 5.73 Å². The molecule has 2 aromatic heterocycles. The average Bonchev–Trinajstić information content (AvgIpc) is 2.77. The molecule has 3 heteroatoms. The van der Waals surface area contributed by atoms with Crippen LogP contribution in [0.5, 0.6) is 0 Å². The normalized spacial score (nSPS) is 20.1. The lowest BCUT2D eigenvalue weighted by atomic mass is 9.93. The van der Waals surface area contributed by atoms with E-state index in [0.29, 0.717) is 0 Å². The fourth-order valence-corrected chi connectivity index (χ4v) is 3.26. The first-order valence-electron chi connectivity index (χ1n) is 7.05. The first-order chi connectivity index (χ1) is 9.18. The largest absolute Gasteiger partial charge is 0.340 e. The van der Waals surface area contributed by atoms with E-state index in [1.165, 1.54) is 23.4 Å². The molecular formula is C16H21N3. The van der Waals surface area contributed by atoms with Crippen molar-refractivity contribution in [2.45, 2.75) is 45.2 Å². The van der Waals surface area contributed by atoms with Crippen LogP contribution in [0.4, 0.5) is 0 Å². The van der Waals surface area contributed by atoms with E-state index in [4.69, 9.17) is 5.73 Å². The van der Waals surface area contributed by atoms with Crippen molar-refractivity contribution in [1.82, 2.24) is 9.55 Å². The predicted molar refractivity (Wildman–Crippen MR) is 77.1 cm³/mol. The van der Waals surface area contributed by atoms with Crippen molar-refractivity contribution >= 4 is 0 Å². The van der Waals surface area contributed by atoms with Crippen LogP contribution in [-0.2, 0) is 6.42 Å².